The number of primary sulfonamides is 1. The summed E-state index contributed by atoms with van der Waals surface area (Å²) in [5.74, 6) is 0.864. The molecule has 1 rings (SSSR count). The first kappa shape index (κ1) is 15.7. The van der Waals surface area contributed by atoms with Gasteiger partial charge >= 0.3 is 0 Å². The van der Waals surface area contributed by atoms with Gasteiger partial charge in [-0.25, -0.2) is 13.6 Å². The lowest BCUT2D eigenvalue weighted by Gasteiger charge is -2.19. The molecule has 5 heteroatoms. The van der Waals surface area contributed by atoms with Crippen molar-refractivity contribution in [2.75, 3.05) is 0 Å². The molecule has 0 bridgehead atoms. The molecule has 0 aromatic heterocycles. The van der Waals surface area contributed by atoms with E-state index in [1.165, 1.54) is 6.07 Å². The Kier molecular flexibility index (Phi) is 5.14. The van der Waals surface area contributed by atoms with E-state index in [-0.39, 0.29) is 16.9 Å². The zero-order valence-corrected chi connectivity index (χ0v) is 12.4. The van der Waals surface area contributed by atoms with Crippen LogP contribution >= 0.6 is 0 Å². The highest BCUT2D eigenvalue weighted by Gasteiger charge is 2.16. The summed E-state index contributed by atoms with van der Waals surface area (Å²) >= 11 is 0. The fraction of sp³-hybridized carbons (Fsp3) is 0.429. The molecule has 1 aromatic rings. The molecule has 0 heterocycles. The summed E-state index contributed by atoms with van der Waals surface area (Å²) in [4.78, 5) is 0.112. The Balaban J connectivity index is 3.28. The Labute approximate surface area is 115 Å². The van der Waals surface area contributed by atoms with E-state index in [1.807, 2.05) is 20.8 Å². The van der Waals surface area contributed by atoms with Gasteiger partial charge in [-0.1, -0.05) is 26.5 Å². The molecule has 0 radical (unpaired) electrons. The van der Waals surface area contributed by atoms with Crippen molar-refractivity contribution in [3.05, 3.63) is 36.4 Å². The highest BCUT2D eigenvalue weighted by molar-refractivity contribution is 7.89. The second kappa shape index (κ2) is 6.21. The average Bonchev–Trinajstić information content (AvgIpc) is 2.36. The van der Waals surface area contributed by atoms with Gasteiger partial charge in [0.25, 0.3) is 0 Å². The number of nitrogens with two attached hydrogens (primary N) is 1. The van der Waals surface area contributed by atoms with E-state index < -0.39 is 10.0 Å². The molecular formula is C14H21NO3S. The molecule has 0 saturated heterocycles. The molecule has 0 aliphatic heterocycles. The van der Waals surface area contributed by atoms with Crippen molar-refractivity contribution in [3.63, 3.8) is 0 Å². The van der Waals surface area contributed by atoms with E-state index in [1.54, 1.807) is 18.2 Å². The standard InChI is InChI=1S/C14H21NO3S/c1-5-10(3)13-9-12(19(15,16)17)7-8-14(13)18-11(4)6-2/h6-11H,2,5H2,1,3-4H3,(H2,15,16,17). The van der Waals surface area contributed by atoms with Gasteiger partial charge in [0.15, 0.2) is 0 Å². The highest BCUT2D eigenvalue weighted by Crippen LogP contribution is 2.31. The topological polar surface area (TPSA) is 69.4 Å². The van der Waals surface area contributed by atoms with E-state index in [4.69, 9.17) is 9.88 Å². The first-order chi connectivity index (χ1) is 8.79. The first-order valence-electron chi connectivity index (χ1n) is 6.25. The Morgan fingerprint density at radius 3 is 2.53 bits per heavy atom. The third kappa shape index (κ3) is 4.08. The van der Waals surface area contributed by atoms with Crippen molar-refractivity contribution in [3.8, 4) is 5.75 Å². The zero-order chi connectivity index (χ0) is 14.6. The maximum Gasteiger partial charge on any atom is 0.238 e. The number of sulfonamides is 1. The lowest BCUT2D eigenvalue weighted by atomic mass is 9.98. The number of hydrogen-bond acceptors (Lipinski definition) is 3. The predicted octanol–water partition coefficient (Wildman–Crippen LogP) is 2.80. The van der Waals surface area contributed by atoms with Crippen LogP contribution < -0.4 is 9.88 Å². The largest absolute Gasteiger partial charge is 0.486 e. The van der Waals surface area contributed by atoms with Gasteiger partial charge in [-0.15, -0.1) is 0 Å². The molecule has 0 amide bonds. The van der Waals surface area contributed by atoms with Gasteiger partial charge in [0.1, 0.15) is 11.9 Å². The van der Waals surface area contributed by atoms with Crippen molar-refractivity contribution >= 4 is 10.0 Å². The van der Waals surface area contributed by atoms with Gasteiger partial charge in [0.05, 0.1) is 4.90 Å². The van der Waals surface area contributed by atoms with Crippen molar-refractivity contribution in [1.82, 2.24) is 0 Å². The quantitative estimate of drug-likeness (QED) is 0.816. The summed E-state index contributed by atoms with van der Waals surface area (Å²) in [7, 11) is -3.69. The van der Waals surface area contributed by atoms with Crippen molar-refractivity contribution in [1.29, 1.82) is 0 Å². The molecule has 1 aromatic carbocycles. The molecule has 0 saturated carbocycles. The van der Waals surface area contributed by atoms with E-state index in [9.17, 15) is 8.42 Å². The second-order valence-corrected chi connectivity index (χ2v) is 6.17. The minimum Gasteiger partial charge on any atom is -0.486 e. The van der Waals surface area contributed by atoms with E-state index in [0.717, 1.165) is 12.0 Å². The van der Waals surface area contributed by atoms with Crippen LogP contribution in [0.15, 0.2) is 35.7 Å². The van der Waals surface area contributed by atoms with Gasteiger partial charge in [-0.3, -0.25) is 0 Å². The molecule has 0 spiro atoms. The monoisotopic (exact) mass is 283 g/mol. The summed E-state index contributed by atoms with van der Waals surface area (Å²) in [6, 6.07) is 4.71. The molecule has 106 valence electrons. The number of ether oxygens (including phenoxy) is 1. The highest BCUT2D eigenvalue weighted by atomic mass is 32.2. The predicted molar refractivity (Wildman–Crippen MR) is 76.8 cm³/mol. The van der Waals surface area contributed by atoms with Crippen LogP contribution in [0.25, 0.3) is 0 Å². The van der Waals surface area contributed by atoms with E-state index in [2.05, 4.69) is 6.58 Å². The van der Waals surface area contributed by atoms with Gasteiger partial charge in [-0.2, -0.15) is 0 Å². The molecule has 19 heavy (non-hydrogen) atoms. The Morgan fingerprint density at radius 1 is 1.42 bits per heavy atom. The van der Waals surface area contributed by atoms with Crippen LogP contribution in [0.4, 0.5) is 0 Å². The normalized spacial score (nSPS) is 14.7. The minimum atomic E-state index is -3.69. The van der Waals surface area contributed by atoms with Crippen LogP contribution in [0.5, 0.6) is 5.75 Å². The summed E-state index contributed by atoms with van der Waals surface area (Å²) in [6.45, 7) is 9.60. The molecule has 2 atom stereocenters. The lowest BCUT2D eigenvalue weighted by molar-refractivity contribution is 0.266. The van der Waals surface area contributed by atoms with E-state index in [0.29, 0.717) is 5.75 Å². The summed E-state index contributed by atoms with van der Waals surface area (Å²) in [5, 5.41) is 5.16. The van der Waals surface area contributed by atoms with Crippen LogP contribution in [0.2, 0.25) is 0 Å². The van der Waals surface area contributed by atoms with Crippen LogP contribution in [-0.4, -0.2) is 14.5 Å². The van der Waals surface area contributed by atoms with Crippen molar-refractivity contribution < 1.29 is 13.2 Å². The molecule has 0 aliphatic rings. The maximum atomic E-state index is 11.4. The molecule has 0 aliphatic carbocycles. The smallest absolute Gasteiger partial charge is 0.238 e. The molecule has 0 fully saturated rings. The Bertz CT molecular complexity index is 552. The van der Waals surface area contributed by atoms with Crippen LogP contribution in [0.3, 0.4) is 0 Å². The first-order valence-corrected chi connectivity index (χ1v) is 7.80. The third-order valence-corrected chi connectivity index (χ3v) is 4.01. The van der Waals surface area contributed by atoms with E-state index >= 15 is 0 Å². The summed E-state index contributed by atoms with van der Waals surface area (Å²) in [6.07, 6.45) is 2.43. The van der Waals surface area contributed by atoms with Crippen LogP contribution in [-0.2, 0) is 10.0 Å². The Morgan fingerprint density at radius 2 is 2.05 bits per heavy atom. The molecule has 2 N–H and O–H groups in total. The molecular weight excluding hydrogens is 262 g/mol. The van der Waals surface area contributed by atoms with Gasteiger partial charge in [0.2, 0.25) is 10.0 Å². The minimum absolute atomic E-state index is 0.112. The van der Waals surface area contributed by atoms with Gasteiger partial charge in [-0.05, 0) is 43.0 Å². The third-order valence-electron chi connectivity index (χ3n) is 3.10. The van der Waals surface area contributed by atoms with Crippen LogP contribution in [0, 0.1) is 0 Å². The summed E-state index contributed by atoms with van der Waals surface area (Å²) in [5.41, 5.74) is 0.850. The molecule has 4 nitrogen and oxygen atoms in total. The number of rotatable bonds is 6. The number of hydrogen-bond donors (Lipinski definition) is 1. The van der Waals surface area contributed by atoms with Gasteiger partial charge in [0, 0.05) is 0 Å². The average molecular weight is 283 g/mol. The zero-order valence-electron chi connectivity index (χ0n) is 11.6. The number of benzene rings is 1. The fourth-order valence-corrected chi connectivity index (χ4v) is 2.21. The van der Waals surface area contributed by atoms with Crippen molar-refractivity contribution in [2.45, 2.75) is 44.1 Å². The SMILES string of the molecule is C=CC(C)Oc1ccc(S(N)(=O)=O)cc1C(C)CC. The van der Waals surface area contributed by atoms with Crippen LogP contribution in [0.1, 0.15) is 38.7 Å². The fourth-order valence-electron chi connectivity index (χ4n) is 1.66. The maximum absolute atomic E-state index is 11.4. The van der Waals surface area contributed by atoms with Crippen molar-refractivity contribution in [2.24, 2.45) is 5.14 Å². The molecule has 2 unspecified atom stereocenters. The second-order valence-electron chi connectivity index (χ2n) is 4.61. The lowest BCUT2D eigenvalue weighted by Crippen LogP contribution is -2.14. The Hall–Kier alpha value is -1.33. The van der Waals surface area contributed by atoms with Gasteiger partial charge < -0.3 is 4.74 Å². The summed E-state index contributed by atoms with van der Waals surface area (Å²) < 4.78 is 28.5.